The second-order valence-corrected chi connectivity index (χ2v) is 4.58. The van der Waals surface area contributed by atoms with Gasteiger partial charge in [-0.1, -0.05) is 56.5 Å². The fraction of sp³-hybridized carbons (Fsp3) is 0.533. The third-order valence-corrected chi connectivity index (χ3v) is 3.04. The Labute approximate surface area is 115 Å². The summed E-state index contributed by atoms with van der Waals surface area (Å²) in [6, 6.07) is 10.7. The van der Waals surface area contributed by atoms with E-state index in [1.54, 1.807) is 0 Å². The molecule has 1 aromatic rings. The number of hydrogen-bond donors (Lipinski definition) is 2. The van der Waals surface area contributed by atoms with Crippen molar-refractivity contribution in [2.45, 2.75) is 38.6 Å². The molecule has 0 saturated heterocycles. The molecule has 0 fully saturated rings. The third-order valence-electron chi connectivity index (χ3n) is 3.04. The highest BCUT2D eigenvalue weighted by Gasteiger charge is 2.10. The molecule has 4 nitrogen and oxygen atoms in total. The predicted molar refractivity (Wildman–Crippen MR) is 76.9 cm³/mol. The Morgan fingerprint density at radius 3 is 2.68 bits per heavy atom. The van der Waals surface area contributed by atoms with Crippen LogP contribution in [0.15, 0.2) is 30.3 Å². The topological polar surface area (TPSA) is 64.3 Å². The van der Waals surface area contributed by atoms with Gasteiger partial charge in [0.25, 0.3) is 0 Å². The van der Waals surface area contributed by atoms with Gasteiger partial charge in [-0.15, -0.1) is 0 Å². The van der Waals surface area contributed by atoms with Crippen LogP contribution in [0, 0.1) is 0 Å². The van der Waals surface area contributed by atoms with Gasteiger partial charge in [0.05, 0.1) is 0 Å². The maximum atomic E-state index is 10.5. The average molecular weight is 264 g/mol. The fourth-order valence-corrected chi connectivity index (χ4v) is 2.06. The minimum Gasteiger partial charge on any atom is -0.448 e. The first kappa shape index (κ1) is 15.5. The molecule has 1 aromatic carbocycles. The normalized spacial score (nSPS) is 12.1. The van der Waals surface area contributed by atoms with Gasteiger partial charge in [-0.3, -0.25) is 0 Å². The van der Waals surface area contributed by atoms with Crippen LogP contribution in [0.3, 0.4) is 0 Å². The number of primary amides is 1. The Hall–Kier alpha value is -1.55. The number of carbonyl (C=O) groups is 1. The molecule has 0 aliphatic carbocycles. The monoisotopic (exact) mass is 264 g/mol. The van der Waals surface area contributed by atoms with Crippen LogP contribution in [0.1, 0.15) is 44.2 Å². The Morgan fingerprint density at radius 2 is 2.05 bits per heavy atom. The lowest BCUT2D eigenvalue weighted by Gasteiger charge is -2.19. The number of nitrogens with two attached hydrogens (primary N) is 1. The first-order valence-electron chi connectivity index (χ1n) is 6.94. The number of nitrogens with one attached hydrogen (secondary N) is 1. The lowest BCUT2D eigenvalue weighted by atomic mass is 10.0. The number of rotatable bonds is 9. The predicted octanol–water partition coefficient (Wildman–Crippen LogP) is 2.99. The minimum absolute atomic E-state index is 0.309. The standard InChI is InChI=1S/C15H24N2O2/c1-2-3-5-10-14(13-8-6-4-7-9-13)17-11-12-19-15(16)18/h4,6-9,14,17H,2-3,5,10-12H2,1H3,(H2,16,18). The van der Waals surface area contributed by atoms with E-state index in [9.17, 15) is 4.79 Å². The van der Waals surface area contributed by atoms with Crippen LogP contribution in [0.5, 0.6) is 0 Å². The van der Waals surface area contributed by atoms with Crippen LogP contribution in [-0.4, -0.2) is 19.2 Å². The van der Waals surface area contributed by atoms with Gasteiger partial charge in [-0.25, -0.2) is 4.79 Å². The van der Waals surface area contributed by atoms with Gasteiger partial charge in [0.1, 0.15) is 6.61 Å². The van der Waals surface area contributed by atoms with Crippen LogP contribution in [-0.2, 0) is 4.74 Å². The van der Waals surface area contributed by atoms with E-state index < -0.39 is 6.09 Å². The Bertz CT molecular complexity index is 354. The summed E-state index contributed by atoms with van der Waals surface area (Å²) in [4.78, 5) is 10.5. The molecule has 0 bridgehead atoms. The number of amides is 1. The van der Waals surface area contributed by atoms with Crippen molar-refractivity contribution in [1.82, 2.24) is 5.32 Å². The number of unbranched alkanes of at least 4 members (excludes halogenated alkanes) is 2. The molecule has 0 radical (unpaired) electrons. The van der Waals surface area contributed by atoms with Crippen LogP contribution in [0.25, 0.3) is 0 Å². The van der Waals surface area contributed by atoms with Gasteiger partial charge in [-0.2, -0.15) is 0 Å². The quantitative estimate of drug-likeness (QED) is 0.674. The van der Waals surface area contributed by atoms with Crippen LogP contribution in [0.2, 0.25) is 0 Å². The molecule has 0 spiro atoms. The van der Waals surface area contributed by atoms with Gasteiger partial charge >= 0.3 is 6.09 Å². The first-order chi connectivity index (χ1) is 9.24. The lowest BCUT2D eigenvalue weighted by Crippen LogP contribution is -2.27. The number of ether oxygens (including phenoxy) is 1. The van der Waals surface area contributed by atoms with Crippen molar-refractivity contribution in [3.63, 3.8) is 0 Å². The summed E-state index contributed by atoms with van der Waals surface area (Å²) in [5.41, 5.74) is 6.21. The van der Waals surface area contributed by atoms with E-state index in [1.807, 2.05) is 18.2 Å². The maximum Gasteiger partial charge on any atom is 0.404 e. The van der Waals surface area contributed by atoms with E-state index in [0.717, 1.165) is 6.42 Å². The van der Waals surface area contributed by atoms with Gasteiger partial charge in [0.2, 0.25) is 0 Å². The molecule has 1 atom stereocenters. The molecular weight excluding hydrogens is 240 g/mol. The van der Waals surface area contributed by atoms with Crippen molar-refractivity contribution in [3.8, 4) is 0 Å². The molecule has 0 aromatic heterocycles. The zero-order valence-electron chi connectivity index (χ0n) is 11.6. The molecule has 1 rings (SSSR count). The molecule has 3 N–H and O–H groups in total. The van der Waals surface area contributed by atoms with E-state index in [0.29, 0.717) is 19.2 Å². The van der Waals surface area contributed by atoms with E-state index in [4.69, 9.17) is 10.5 Å². The number of hydrogen-bond acceptors (Lipinski definition) is 3. The summed E-state index contributed by atoms with van der Waals surface area (Å²) in [6.45, 7) is 3.13. The highest BCUT2D eigenvalue weighted by molar-refractivity contribution is 5.64. The van der Waals surface area contributed by atoms with Crippen LogP contribution < -0.4 is 11.1 Å². The highest BCUT2D eigenvalue weighted by Crippen LogP contribution is 2.19. The third kappa shape index (κ3) is 6.82. The average Bonchev–Trinajstić information content (AvgIpc) is 2.42. The Balaban J connectivity index is 2.43. The molecular formula is C15H24N2O2. The molecule has 106 valence electrons. The van der Waals surface area contributed by atoms with Gasteiger partial charge in [0, 0.05) is 12.6 Å². The molecule has 4 heteroatoms. The van der Waals surface area contributed by atoms with Crippen molar-refractivity contribution in [3.05, 3.63) is 35.9 Å². The van der Waals surface area contributed by atoms with Crippen molar-refractivity contribution < 1.29 is 9.53 Å². The minimum atomic E-state index is -0.718. The zero-order chi connectivity index (χ0) is 13.9. The van der Waals surface area contributed by atoms with Crippen molar-refractivity contribution in [2.75, 3.05) is 13.2 Å². The molecule has 0 aliphatic heterocycles. The number of carbonyl (C=O) groups excluding carboxylic acids is 1. The van der Waals surface area contributed by atoms with Gasteiger partial charge in [0.15, 0.2) is 0 Å². The van der Waals surface area contributed by atoms with E-state index >= 15 is 0 Å². The lowest BCUT2D eigenvalue weighted by molar-refractivity contribution is 0.156. The second kappa shape index (κ2) is 9.39. The first-order valence-corrected chi connectivity index (χ1v) is 6.94. The Morgan fingerprint density at radius 1 is 1.32 bits per heavy atom. The summed E-state index contributed by atoms with van der Waals surface area (Å²) >= 11 is 0. The van der Waals surface area contributed by atoms with Gasteiger partial charge < -0.3 is 15.8 Å². The highest BCUT2D eigenvalue weighted by atomic mass is 16.5. The Kier molecular flexibility index (Phi) is 7.66. The van der Waals surface area contributed by atoms with E-state index in [-0.39, 0.29) is 0 Å². The largest absolute Gasteiger partial charge is 0.448 e. The number of benzene rings is 1. The molecule has 19 heavy (non-hydrogen) atoms. The van der Waals surface area contributed by atoms with Crippen molar-refractivity contribution in [2.24, 2.45) is 5.73 Å². The molecule has 0 heterocycles. The van der Waals surface area contributed by atoms with Crippen molar-refractivity contribution >= 4 is 6.09 Å². The summed E-state index contributed by atoms with van der Waals surface area (Å²) in [6.07, 6.45) is 4.02. The maximum absolute atomic E-state index is 10.5. The SMILES string of the molecule is CCCCCC(NCCOC(N)=O)c1ccccc1. The fourth-order valence-electron chi connectivity index (χ4n) is 2.06. The van der Waals surface area contributed by atoms with E-state index in [2.05, 4.69) is 24.4 Å². The molecule has 0 saturated carbocycles. The smallest absolute Gasteiger partial charge is 0.404 e. The van der Waals surface area contributed by atoms with Gasteiger partial charge in [-0.05, 0) is 12.0 Å². The summed E-state index contributed by atoms with van der Waals surface area (Å²) in [7, 11) is 0. The molecule has 1 unspecified atom stereocenters. The van der Waals surface area contributed by atoms with Crippen LogP contribution in [0.4, 0.5) is 4.79 Å². The summed E-state index contributed by atoms with van der Waals surface area (Å²) < 4.78 is 4.73. The summed E-state index contributed by atoms with van der Waals surface area (Å²) in [5, 5.41) is 3.42. The zero-order valence-corrected chi connectivity index (χ0v) is 11.6. The van der Waals surface area contributed by atoms with Crippen molar-refractivity contribution in [1.29, 1.82) is 0 Å². The molecule has 0 aliphatic rings. The molecule has 1 amide bonds. The van der Waals surface area contributed by atoms with E-state index in [1.165, 1.54) is 24.8 Å². The second-order valence-electron chi connectivity index (χ2n) is 4.58. The summed E-state index contributed by atoms with van der Waals surface area (Å²) in [5.74, 6) is 0. The van der Waals surface area contributed by atoms with Crippen LogP contribution >= 0.6 is 0 Å².